The fourth-order valence-electron chi connectivity index (χ4n) is 3.94. The van der Waals surface area contributed by atoms with Crippen LogP contribution in [0.2, 0.25) is 0 Å². The summed E-state index contributed by atoms with van der Waals surface area (Å²) in [5, 5.41) is 3.33. The SMILES string of the molecule is CC1(C(=O)N2CCN(C3CCCC3)CC2)CCNC1. The van der Waals surface area contributed by atoms with E-state index in [9.17, 15) is 4.79 Å². The topological polar surface area (TPSA) is 35.6 Å². The Balaban J connectivity index is 1.53. The second-order valence-corrected chi connectivity index (χ2v) is 6.75. The van der Waals surface area contributed by atoms with Gasteiger partial charge in [-0.2, -0.15) is 0 Å². The average molecular weight is 265 g/mol. The van der Waals surface area contributed by atoms with Crippen LogP contribution < -0.4 is 5.32 Å². The maximum atomic E-state index is 12.6. The fraction of sp³-hybridized carbons (Fsp3) is 0.933. The molecule has 1 aliphatic carbocycles. The molecule has 3 fully saturated rings. The number of carbonyl (C=O) groups is 1. The molecule has 0 aromatic heterocycles. The molecule has 2 aliphatic heterocycles. The van der Waals surface area contributed by atoms with Crippen LogP contribution in [0.15, 0.2) is 0 Å². The fourth-order valence-corrected chi connectivity index (χ4v) is 3.94. The van der Waals surface area contributed by atoms with Crippen molar-refractivity contribution in [2.24, 2.45) is 5.41 Å². The van der Waals surface area contributed by atoms with Crippen molar-refractivity contribution in [2.45, 2.75) is 45.1 Å². The standard InChI is InChI=1S/C15H27N3O/c1-15(6-7-16-12-15)14(19)18-10-8-17(9-11-18)13-4-2-3-5-13/h13,16H,2-12H2,1H3. The largest absolute Gasteiger partial charge is 0.340 e. The molecule has 0 spiro atoms. The molecule has 4 heteroatoms. The normalized spacial score (nSPS) is 34.1. The smallest absolute Gasteiger partial charge is 0.229 e. The number of hydrogen-bond acceptors (Lipinski definition) is 3. The van der Waals surface area contributed by atoms with Crippen molar-refractivity contribution in [1.82, 2.24) is 15.1 Å². The number of nitrogens with one attached hydrogen (secondary N) is 1. The first-order valence-electron chi connectivity index (χ1n) is 7.93. The Bertz CT molecular complexity index is 324. The summed E-state index contributed by atoms with van der Waals surface area (Å²) in [4.78, 5) is 17.3. The van der Waals surface area contributed by atoms with Crippen molar-refractivity contribution in [3.8, 4) is 0 Å². The zero-order valence-electron chi connectivity index (χ0n) is 12.2. The van der Waals surface area contributed by atoms with Crippen molar-refractivity contribution < 1.29 is 4.79 Å². The molecular formula is C15H27N3O. The lowest BCUT2D eigenvalue weighted by atomic mass is 9.88. The van der Waals surface area contributed by atoms with Gasteiger partial charge in [0.05, 0.1) is 5.41 Å². The Morgan fingerprint density at radius 1 is 1.16 bits per heavy atom. The van der Waals surface area contributed by atoms with Gasteiger partial charge in [0.25, 0.3) is 0 Å². The summed E-state index contributed by atoms with van der Waals surface area (Å²) in [5.41, 5.74) is -0.143. The van der Waals surface area contributed by atoms with E-state index in [1.54, 1.807) is 0 Å². The first-order chi connectivity index (χ1) is 9.19. The van der Waals surface area contributed by atoms with Crippen LogP contribution in [-0.4, -0.2) is 61.0 Å². The number of rotatable bonds is 2. The Kier molecular flexibility index (Phi) is 3.81. The van der Waals surface area contributed by atoms with Crippen LogP contribution in [0.25, 0.3) is 0 Å². The molecule has 1 atom stereocenters. The molecular weight excluding hydrogens is 238 g/mol. The molecule has 2 saturated heterocycles. The van der Waals surface area contributed by atoms with Crippen LogP contribution in [0.1, 0.15) is 39.0 Å². The lowest BCUT2D eigenvalue weighted by Crippen LogP contribution is -2.54. The van der Waals surface area contributed by atoms with Crippen molar-refractivity contribution in [3.63, 3.8) is 0 Å². The Labute approximate surface area is 116 Å². The quantitative estimate of drug-likeness (QED) is 0.811. The minimum absolute atomic E-state index is 0.143. The summed E-state index contributed by atoms with van der Waals surface area (Å²) in [6, 6.07) is 0.806. The van der Waals surface area contributed by atoms with Crippen LogP contribution in [0.5, 0.6) is 0 Å². The second kappa shape index (κ2) is 5.41. The van der Waals surface area contributed by atoms with Crippen LogP contribution in [0.3, 0.4) is 0 Å². The molecule has 0 bridgehead atoms. The molecule has 4 nitrogen and oxygen atoms in total. The van der Waals surface area contributed by atoms with Crippen LogP contribution in [0.4, 0.5) is 0 Å². The zero-order valence-corrected chi connectivity index (χ0v) is 12.2. The van der Waals surface area contributed by atoms with Crippen molar-refractivity contribution in [2.75, 3.05) is 39.3 Å². The van der Waals surface area contributed by atoms with Crippen molar-refractivity contribution in [1.29, 1.82) is 0 Å². The van der Waals surface area contributed by atoms with Crippen molar-refractivity contribution >= 4 is 5.91 Å². The first-order valence-corrected chi connectivity index (χ1v) is 7.93. The van der Waals surface area contributed by atoms with Gasteiger partial charge in [0, 0.05) is 38.8 Å². The monoisotopic (exact) mass is 265 g/mol. The zero-order chi connectivity index (χ0) is 13.3. The molecule has 3 aliphatic rings. The average Bonchev–Trinajstić information content (AvgIpc) is 3.10. The molecule has 108 valence electrons. The van der Waals surface area contributed by atoms with Gasteiger partial charge in [-0.1, -0.05) is 12.8 Å². The maximum absolute atomic E-state index is 12.6. The van der Waals surface area contributed by atoms with Gasteiger partial charge < -0.3 is 10.2 Å². The summed E-state index contributed by atoms with van der Waals surface area (Å²) in [6.07, 6.45) is 6.53. The third kappa shape index (κ3) is 2.65. The van der Waals surface area contributed by atoms with Gasteiger partial charge in [0.15, 0.2) is 0 Å². The lowest BCUT2D eigenvalue weighted by Gasteiger charge is -2.40. The summed E-state index contributed by atoms with van der Waals surface area (Å²) in [7, 11) is 0. The van der Waals surface area contributed by atoms with E-state index < -0.39 is 0 Å². The maximum Gasteiger partial charge on any atom is 0.229 e. The molecule has 1 amide bonds. The summed E-state index contributed by atoms with van der Waals surface area (Å²) in [5.74, 6) is 0.378. The summed E-state index contributed by atoms with van der Waals surface area (Å²) in [6.45, 7) is 8.01. The van der Waals surface area contributed by atoms with Gasteiger partial charge in [0.1, 0.15) is 0 Å². The van der Waals surface area contributed by atoms with E-state index in [1.165, 1.54) is 25.7 Å². The van der Waals surface area contributed by atoms with Crippen LogP contribution in [0, 0.1) is 5.41 Å². The van der Waals surface area contributed by atoms with Crippen molar-refractivity contribution in [3.05, 3.63) is 0 Å². The van der Waals surface area contributed by atoms with E-state index in [-0.39, 0.29) is 5.41 Å². The molecule has 1 saturated carbocycles. The van der Waals surface area contributed by atoms with Crippen LogP contribution >= 0.6 is 0 Å². The van der Waals surface area contributed by atoms with E-state index in [0.29, 0.717) is 5.91 Å². The summed E-state index contributed by atoms with van der Waals surface area (Å²) >= 11 is 0. The Hall–Kier alpha value is -0.610. The highest BCUT2D eigenvalue weighted by molar-refractivity contribution is 5.83. The Morgan fingerprint density at radius 2 is 1.84 bits per heavy atom. The first kappa shape index (κ1) is 13.4. The van der Waals surface area contributed by atoms with Gasteiger partial charge in [-0.05, 0) is 32.7 Å². The number of nitrogens with zero attached hydrogens (tertiary/aromatic N) is 2. The molecule has 2 heterocycles. The minimum atomic E-state index is -0.143. The molecule has 1 N–H and O–H groups in total. The third-order valence-corrected chi connectivity index (χ3v) is 5.33. The number of hydrogen-bond donors (Lipinski definition) is 1. The van der Waals surface area contributed by atoms with Crippen LogP contribution in [-0.2, 0) is 4.79 Å². The summed E-state index contributed by atoms with van der Waals surface area (Å²) < 4.78 is 0. The third-order valence-electron chi connectivity index (χ3n) is 5.33. The van der Waals surface area contributed by atoms with Gasteiger partial charge in [-0.25, -0.2) is 0 Å². The van der Waals surface area contributed by atoms with Gasteiger partial charge >= 0.3 is 0 Å². The van der Waals surface area contributed by atoms with E-state index in [2.05, 4.69) is 22.0 Å². The number of piperazine rings is 1. The predicted octanol–water partition coefficient (Wildman–Crippen LogP) is 1.07. The highest BCUT2D eigenvalue weighted by Gasteiger charge is 2.40. The van der Waals surface area contributed by atoms with E-state index in [1.807, 2.05) is 0 Å². The highest BCUT2D eigenvalue weighted by atomic mass is 16.2. The molecule has 19 heavy (non-hydrogen) atoms. The van der Waals surface area contributed by atoms with Gasteiger partial charge in [0.2, 0.25) is 5.91 Å². The Morgan fingerprint density at radius 3 is 2.42 bits per heavy atom. The molecule has 0 aromatic rings. The van der Waals surface area contributed by atoms with E-state index in [4.69, 9.17) is 0 Å². The highest BCUT2D eigenvalue weighted by Crippen LogP contribution is 2.29. The molecule has 3 rings (SSSR count). The second-order valence-electron chi connectivity index (χ2n) is 6.75. The predicted molar refractivity (Wildman–Crippen MR) is 76.0 cm³/mol. The van der Waals surface area contributed by atoms with Gasteiger partial charge in [-0.15, -0.1) is 0 Å². The van der Waals surface area contributed by atoms with Gasteiger partial charge in [-0.3, -0.25) is 9.69 Å². The molecule has 0 aromatic carbocycles. The van der Waals surface area contributed by atoms with E-state index >= 15 is 0 Å². The molecule has 1 unspecified atom stereocenters. The number of amides is 1. The number of carbonyl (C=O) groups excluding carboxylic acids is 1. The lowest BCUT2D eigenvalue weighted by molar-refractivity contribution is -0.142. The minimum Gasteiger partial charge on any atom is -0.340 e. The molecule has 0 radical (unpaired) electrons. The van der Waals surface area contributed by atoms with E-state index in [0.717, 1.165) is 51.7 Å².